The zero-order valence-electron chi connectivity index (χ0n) is 24.9. The molecular weight excluding hydrogens is 550 g/mol. The number of fused-ring (bicyclic) bond motifs is 10. The SMILES string of the molecule is CC1(C)c2ccccc2-c2ccc(-c3nc4c(nc3-n3c5ccccc5c5cc6ccccc6cc53)oc3ccccc34)cc21. The van der Waals surface area contributed by atoms with E-state index in [1.165, 1.54) is 43.8 Å². The lowest BCUT2D eigenvalue weighted by Gasteiger charge is -2.22. The van der Waals surface area contributed by atoms with Gasteiger partial charge in [-0.25, -0.2) is 4.98 Å². The maximum atomic E-state index is 6.34. The van der Waals surface area contributed by atoms with Gasteiger partial charge in [-0.3, -0.25) is 4.57 Å². The van der Waals surface area contributed by atoms with E-state index < -0.39 is 0 Å². The van der Waals surface area contributed by atoms with E-state index in [0.29, 0.717) is 5.71 Å². The Morgan fingerprint density at radius 1 is 0.578 bits per heavy atom. The van der Waals surface area contributed by atoms with Gasteiger partial charge in [0.15, 0.2) is 5.82 Å². The van der Waals surface area contributed by atoms with Crippen molar-refractivity contribution in [1.29, 1.82) is 0 Å². The van der Waals surface area contributed by atoms with Gasteiger partial charge in [-0.2, -0.15) is 4.98 Å². The second-order valence-corrected chi connectivity index (χ2v) is 12.6. The van der Waals surface area contributed by atoms with E-state index in [-0.39, 0.29) is 5.41 Å². The third kappa shape index (κ3) is 3.31. The monoisotopic (exact) mass is 577 g/mol. The third-order valence-corrected chi connectivity index (χ3v) is 9.80. The van der Waals surface area contributed by atoms with Gasteiger partial charge in [0.25, 0.3) is 0 Å². The fraction of sp³-hybridized carbons (Fsp3) is 0.0732. The van der Waals surface area contributed by atoms with Crippen LogP contribution in [0.3, 0.4) is 0 Å². The number of rotatable bonds is 2. The van der Waals surface area contributed by atoms with Crippen molar-refractivity contribution in [2.24, 2.45) is 0 Å². The molecular formula is C41H27N3O. The van der Waals surface area contributed by atoms with Crippen molar-refractivity contribution in [3.05, 3.63) is 139 Å². The van der Waals surface area contributed by atoms with E-state index in [2.05, 4.69) is 128 Å². The van der Waals surface area contributed by atoms with Crippen LogP contribution in [0.25, 0.3) is 83.0 Å². The van der Waals surface area contributed by atoms with E-state index in [4.69, 9.17) is 14.4 Å². The molecule has 0 bridgehead atoms. The quantitative estimate of drug-likeness (QED) is 0.205. The molecule has 6 aromatic carbocycles. The molecule has 0 fully saturated rings. The minimum absolute atomic E-state index is 0.131. The summed E-state index contributed by atoms with van der Waals surface area (Å²) in [6, 6.07) is 45.3. The maximum Gasteiger partial charge on any atom is 0.248 e. The van der Waals surface area contributed by atoms with E-state index in [0.717, 1.165) is 44.6 Å². The highest BCUT2D eigenvalue weighted by Gasteiger charge is 2.35. The van der Waals surface area contributed by atoms with Crippen LogP contribution in [-0.4, -0.2) is 14.5 Å². The Bertz CT molecular complexity index is 2690. The van der Waals surface area contributed by atoms with Crippen molar-refractivity contribution in [1.82, 2.24) is 14.5 Å². The third-order valence-electron chi connectivity index (χ3n) is 9.80. The summed E-state index contributed by atoms with van der Waals surface area (Å²) >= 11 is 0. The van der Waals surface area contributed by atoms with Crippen LogP contribution in [-0.2, 0) is 5.41 Å². The smallest absolute Gasteiger partial charge is 0.248 e. The van der Waals surface area contributed by atoms with Crippen LogP contribution in [0.1, 0.15) is 25.0 Å². The fourth-order valence-electron chi connectivity index (χ4n) is 7.60. The molecule has 0 spiro atoms. The average Bonchev–Trinajstić information content (AvgIpc) is 3.68. The minimum Gasteiger partial charge on any atom is -0.436 e. The fourth-order valence-corrected chi connectivity index (χ4v) is 7.60. The summed E-state index contributed by atoms with van der Waals surface area (Å²) in [5.41, 5.74) is 11.3. The predicted octanol–water partition coefficient (Wildman–Crippen LogP) is 10.6. The van der Waals surface area contributed by atoms with Crippen LogP contribution in [0.15, 0.2) is 132 Å². The maximum absolute atomic E-state index is 6.34. The van der Waals surface area contributed by atoms with Crippen LogP contribution in [0, 0.1) is 0 Å². The van der Waals surface area contributed by atoms with Crippen LogP contribution >= 0.6 is 0 Å². The van der Waals surface area contributed by atoms with Gasteiger partial charge in [0.05, 0.1) is 11.0 Å². The predicted molar refractivity (Wildman–Crippen MR) is 184 cm³/mol. The molecule has 0 saturated carbocycles. The molecule has 0 atom stereocenters. The first-order valence-electron chi connectivity index (χ1n) is 15.4. The molecule has 0 amide bonds. The van der Waals surface area contributed by atoms with Gasteiger partial charge >= 0.3 is 0 Å². The molecule has 0 saturated heterocycles. The van der Waals surface area contributed by atoms with Gasteiger partial charge in [-0.15, -0.1) is 0 Å². The van der Waals surface area contributed by atoms with E-state index >= 15 is 0 Å². The highest BCUT2D eigenvalue weighted by atomic mass is 16.3. The lowest BCUT2D eigenvalue weighted by molar-refractivity contribution is 0.651. The molecule has 212 valence electrons. The van der Waals surface area contributed by atoms with Crippen LogP contribution in [0.4, 0.5) is 0 Å². The second-order valence-electron chi connectivity index (χ2n) is 12.6. The number of hydrogen-bond acceptors (Lipinski definition) is 3. The topological polar surface area (TPSA) is 43.9 Å². The van der Waals surface area contributed by atoms with Gasteiger partial charge in [0, 0.05) is 27.1 Å². The summed E-state index contributed by atoms with van der Waals surface area (Å²) < 4.78 is 8.62. The molecule has 10 rings (SSSR count). The molecule has 1 aliphatic carbocycles. The largest absolute Gasteiger partial charge is 0.436 e. The molecule has 45 heavy (non-hydrogen) atoms. The molecule has 3 aromatic heterocycles. The van der Waals surface area contributed by atoms with Crippen molar-refractivity contribution < 1.29 is 4.42 Å². The molecule has 0 aliphatic heterocycles. The van der Waals surface area contributed by atoms with Gasteiger partial charge in [-0.05, 0) is 69.4 Å². The summed E-state index contributed by atoms with van der Waals surface area (Å²) in [5.74, 6) is 0.760. The Balaban J connectivity index is 1.33. The van der Waals surface area contributed by atoms with Crippen LogP contribution < -0.4 is 0 Å². The van der Waals surface area contributed by atoms with Crippen LogP contribution in [0.2, 0.25) is 0 Å². The Morgan fingerprint density at radius 3 is 2.18 bits per heavy atom. The Morgan fingerprint density at radius 2 is 1.29 bits per heavy atom. The van der Waals surface area contributed by atoms with Crippen molar-refractivity contribution in [2.75, 3.05) is 0 Å². The van der Waals surface area contributed by atoms with Crippen molar-refractivity contribution in [2.45, 2.75) is 19.3 Å². The molecule has 1 aliphatic rings. The van der Waals surface area contributed by atoms with Gasteiger partial charge in [0.2, 0.25) is 5.71 Å². The molecule has 0 unspecified atom stereocenters. The zero-order chi connectivity index (χ0) is 29.9. The standard InChI is InChI=1S/C41H27N3O/c1-41(2)32-16-8-5-13-27(32)28-20-19-26(22-33(28)41)37-39(43-40-38(42-37)30-15-7-10-18-36(30)45-40)44-34-17-9-6-14-29(34)31-21-24-11-3-4-12-25(24)23-35(31)44/h3-23H,1-2H3. The highest BCUT2D eigenvalue weighted by Crippen LogP contribution is 2.50. The summed E-state index contributed by atoms with van der Waals surface area (Å²) in [6.45, 7) is 4.64. The Kier molecular flexibility index (Phi) is 4.76. The number of hydrogen-bond donors (Lipinski definition) is 0. The lowest BCUT2D eigenvalue weighted by atomic mass is 9.82. The van der Waals surface area contributed by atoms with Crippen LogP contribution in [0.5, 0.6) is 0 Å². The minimum atomic E-state index is -0.131. The number of benzene rings is 6. The molecule has 9 aromatic rings. The summed E-state index contributed by atoms with van der Waals surface area (Å²) in [5, 5.41) is 5.74. The van der Waals surface area contributed by atoms with E-state index in [1.54, 1.807) is 0 Å². The van der Waals surface area contributed by atoms with Gasteiger partial charge in [0.1, 0.15) is 16.8 Å². The molecule has 4 heteroatoms. The van der Waals surface area contributed by atoms with Gasteiger partial charge in [-0.1, -0.05) is 105 Å². The van der Waals surface area contributed by atoms with E-state index in [9.17, 15) is 0 Å². The van der Waals surface area contributed by atoms with Crippen molar-refractivity contribution >= 4 is 54.8 Å². The average molecular weight is 578 g/mol. The first kappa shape index (κ1) is 24.7. The highest BCUT2D eigenvalue weighted by molar-refractivity contribution is 6.14. The molecule has 4 nitrogen and oxygen atoms in total. The van der Waals surface area contributed by atoms with Crippen molar-refractivity contribution in [3.63, 3.8) is 0 Å². The van der Waals surface area contributed by atoms with Crippen molar-refractivity contribution in [3.8, 4) is 28.2 Å². The molecule has 0 radical (unpaired) electrons. The van der Waals surface area contributed by atoms with Gasteiger partial charge < -0.3 is 4.42 Å². The zero-order valence-corrected chi connectivity index (χ0v) is 24.9. The lowest BCUT2D eigenvalue weighted by Crippen LogP contribution is -2.15. The number of para-hydroxylation sites is 2. The first-order chi connectivity index (χ1) is 22.1. The summed E-state index contributed by atoms with van der Waals surface area (Å²) in [7, 11) is 0. The van der Waals surface area contributed by atoms with E-state index in [1.807, 2.05) is 18.2 Å². The Labute approximate surface area is 259 Å². The number of furan rings is 1. The molecule has 0 N–H and O–H groups in total. The normalized spacial score (nSPS) is 13.7. The summed E-state index contributed by atoms with van der Waals surface area (Å²) in [6.07, 6.45) is 0. The number of nitrogens with zero attached hydrogens (tertiary/aromatic N) is 3. The Hall–Kier alpha value is -5.74. The molecule has 3 heterocycles. The number of aromatic nitrogens is 3. The first-order valence-corrected chi connectivity index (χ1v) is 15.4. The second kappa shape index (κ2) is 8.67. The summed E-state index contributed by atoms with van der Waals surface area (Å²) in [4.78, 5) is 10.7.